The normalized spacial score (nSPS) is 10.5. The van der Waals surface area contributed by atoms with E-state index in [1.807, 2.05) is 0 Å². The molecule has 17 heavy (non-hydrogen) atoms. The van der Waals surface area contributed by atoms with Crippen molar-refractivity contribution in [1.29, 1.82) is 0 Å². The molecular formula is C9H5ClF5NO. The van der Waals surface area contributed by atoms with Gasteiger partial charge in [0.25, 0.3) is 0 Å². The predicted octanol–water partition coefficient (Wildman–Crippen LogP) is 2.95. The van der Waals surface area contributed by atoms with Gasteiger partial charge in [-0.2, -0.15) is 0 Å². The van der Waals surface area contributed by atoms with Gasteiger partial charge in [-0.05, 0) is 0 Å². The summed E-state index contributed by atoms with van der Waals surface area (Å²) in [6, 6.07) is 0. The van der Waals surface area contributed by atoms with Crippen LogP contribution in [0.5, 0.6) is 0 Å². The average Bonchev–Trinajstić information content (AvgIpc) is 2.30. The highest BCUT2D eigenvalue weighted by Gasteiger charge is 2.26. The Balaban J connectivity index is 3.20. The van der Waals surface area contributed by atoms with Gasteiger partial charge in [-0.15, -0.1) is 11.6 Å². The summed E-state index contributed by atoms with van der Waals surface area (Å²) in [6.45, 7) is 0. The third-order valence-corrected chi connectivity index (χ3v) is 1.98. The van der Waals surface area contributed by atoms with Gasteiger partial charge in [0.2, 0.25) is 11.7 Å². The Labute approximate surface area is 97.4 Å². The largest absolute Gasteiger partial charge is 0.321 e. The Morgan fingerprint density at radius 2 is 1.35 bits per heavy atom. The van der Waals surface area contributed by atoms with E-state index in [9.17, 15) is 26.7 Å². The Bertz CT molecular complexity index is 436. The maximum Gasteiger partial charge on any atom is 0.225 e. The predicted molar refractivity (Wildman–Crippen MR) is 50.2 cm³/mol. The molecule has 0 aromatic heterocycles. The van der Waals surface area contributed by atoms with E-state index in [1.54, 1.807) is 5.32 Å². The second-order valence-corrected chi connectivity index (χ2v) is 3.31. The first-order valence-electron chi connectivity index (χ1n) is 4.27. The molecule has 0 radical (unpaired) electrons. The fraction of sp³-hybridized carbons (Fsp3) is 0.222. The molecule has 0 saturated carbocycles. The monoisotopic (exact) mass is 273 g/mol. The van der Waals surface area contributed by atoms with E-state index in [0.29, 0.717) is 0 Å². The lowest BCUT2D eigenvalue weighted by atomic mass is 10.2. The zero-order valence-corrected chi connectivity index (χ0v) is 8.85. The van der Waals surface area contributed by atoms with Crippen LogP contribution >= 0.6 is 11.6 Å². The van der Waals surface area contributed by atoms with Crippen LogP contribution in [0.4, 0.5) is 27.6 Å². The molecule has 1 rings (SSSR count). The topological polar surface area (TPSA) is 29.1 Å². The van der Waals surface area contributed by atoms with Gasteiger partial charge < -0.3 is 5.32 Å². The highest BCUT2D eigenvalue weighted by molar-refractivity contribution is 6.19. The summed E-state index contributed by atoms with van der Waals surface area (Å²) < 4.78 is 64.1. The van der Waals surface area contributed by atoms with Gasteiger partial charge in [-0.25, -0.2) is 22.0 Å². The van der Waals surface area contributed by atoms with Gasteiger partial charge in [0.05, 0.1) is 0 Å². The van der Waals surface area contributed by atoms with Crippen molar-refractivity contribution in [2.24, 2.45) is 0 Å². The molecule has 0 aliphatic rings. The van der Waals surface area contributed by atoms with Crippen molar-refractivity contribution in [3.05, 3.63) is 29.1 Å². The second-order valence-electron chi connectivity index (χ2n) is 2.93. The number of anilines is 1. The summed E-state index contributed by atoms with van der Waals surface area (Å²) in [6.07, 6.45) is -0.318. The molecule has 0 aliphatic carbocycles. The summed E-state index contributed by atoms with van der Waals surface area (Å²) in [5.41, 5.74) is -1.38. The first kappa shape index (κ1) is 13.7. The fourth-order valence-electron chi connectivity index (χ4n) is 1.00. The standard InChI is InChI=1S/C9H5ClF5NO/c10-2-1-3(17)16-9-7(14)5(12)4(11)6(13)8(9)15/h1-2H2,(H,16,17). The van der Waals surface area contributed by atoms with Crippen LogP contribution in [0.15, 0.2) is 0 Å². The Morgan fingerprint density at radius 1 is 0.941 bits per heavy atom. The van der Waals surface area contributed by atoms with Crippen LogP contribution in [0.2, 0.25) is 0 Å². The summed E-state index contributed by atoms with van der Waals surface area (Å²) >= 11 is 5.17. The lowest BCUT2D eigenvalue weighted by molar-refractivity contribution is -0.115. The molecular weight excluding hydrogens is 269 g/mol. The Kier molecular flexibility index (Phi) is 4.28. The van der Waals surface area contributed by atoms with E-state index in [1.165, 1.54) is 0 Å². The van der Waals surface area contributed by atoms with E-state index < -0.39 is 40.7 Å². The minimum Gasteiger partial charge on any atom is -0.321 e. The molecule has 0 heterocycles. The van der Waals surface area contributed by atoms with E-state index in [2.05, 4.69) is 0 Å². The third-order valence-electron chi connectivity index (χ3n) is 1.80. The lowest BCUT2D eigenvalue weighted by Gasteiger charge is -2.08. The molecule has 0 atom stereocenters. The molecule has 0 unspecified atom stereocenters. The number of rotatable bonds is 3. The van der Waals surface area contributed by atoms with E-state index in [4.69, 9.17) is 11.6 Å². The zero-order valence-electron chi connectivity index (χ0n) is 8.09. The number of nitrogens with one attached hydrogen (secondary N) is 1. The van der Waals surface area contributed by atoms with Gasteiger partial charge in [-0.3, -0.25) is 4.79 Å². The van der Waals surface area contributed by atoms with Crippen molar-refractivity contribution in [2.45, 2.75) is 6.42 Å². The smallest absolute Gasteiger partial charge is 0.225 e. The molecule has 94 valence electrons. The van der Waals surface area contributed by atoms with Crippen molar-refractivity contribution in [3.63, 3.8) is 0 Å². The molecule has 0 bridgehead atoms. The molecule has 0 fully saturated rings. The zero-order chi connectivity index (χ0) is 13.2. The maximum atomic E-state index is 13.0. The van der Waals surface area contributed by atoms with Crippen molar-refractivity contribution < 1.29 is 26.7 Å². The first-order valence-corrected chi connectivity index (χ1v) is 4.80. The Hall–Kier alpha value is -1.37. The van der Waals surface area contributed by atoms with Gasteiger partial charge in [-0.1, -0.05) is 0 Å². The van der Waals surface area contributed by atoms with Gasteiger partial charge in [0.15, 0.2) is 23.3 Å². The quantitative estimate of drug-likeness (QED) is 0.390. The van der Waals surface area contributed by atoms with Crippen LogP contribution in [0.3, 0.4) is 0 Å². The van der Waals surface area contributed by atoms with Crippen LogP contribution in [0.25, 0.3) is 0 Å². The number of benzene rings is 1. The fourth-order valence-corrected chi connectivity index (χ4v) is 1.17. The highest BCUT2D eigenvalue weighted by Crippen LogP contribution is 2.27. The number of amides is 1. The summed E-state index contributed by atoms with van der Waals surface area (Å²) in [5.74, 6) is -11.8. The van der Waals surface area contributed by atoms with E-state index >= 15 is 0 Å². The molecule has 0 spiro atoms. The van der Waals surface area contributed by atoms with Gasteiger partial charge in [0, 0.05) is 12.3 Å². The number of halogens is 6. The van der Waals surface area contributed by atoms with Crippen LogP contribution in [-0.2, 0) is 4.79 Å². The summed E-state index contributed by atoms with van der Waals surface area (Å²) in [5, 5.41) is 1.57. The molecule has 8 heteroatoms. The number of hydrogen-bond donors (Lipinski definition) is 1. The minimum absolute atomic E-state index is 0.152. The molecule has 0 saturated heterocycles. The molecule has 1 aromatic carbocycles. The van der Waals surface area contributed by atoms with Crippen LogP contribution < -0.4 is 5.32 Å². The molecule has 2 nitrogen and oxygen atoms in total. The highest BCUT2D eigenvalue weighted by atomic mass is 35.5. The van der Waals surface area contributed by atoms with Crippen LogP contribution in [0, 0.1) is 29.1 Å². The van der Waals surface area contributed by atoms with Crippen LogP contribution in [-0.4, -0.2) is 11.8 Å². The SMILES string of the molecule is O=C(CCCl)Nc1c(F)c(F)c(F)c(F)c1F. The molecule has 1 aromatic rings. The van der Waals surface area contributed by atoms with Crippen molar-refractivity contribution >= 4 is 23.2 Å². The van der Waals surface area contributed by atoms with E-state index in [0.717, 1.165) is 0 Å². The molecule has 0 aliphatic heterocycles. The van der Waals surface area contributed by atoms with Crippen LogP contribution in [0.1, 0.15) is 6.42 Å². The average molecular weight is 274 g/mol. The first-order chi connectivity index (χ1) is 7.90. The Morgan fingerprint density at radius 3 is 1.76 bits per heavy atom. The lowest BCUT2D eigenvalue weighted by Crippen LogP contribution is -2.16. The van der Waals surface area contributed by atoms with Crippen molar-refractivity contribution in [1.82, 2.24) is 0 Å². The summed E-state index contributed by atoms with van der Waals surface area (Å²) in [4.78, 5) is 11.0. The minimum atomic E-state index is -2.28. The molecule has 1 N–H and O–H groups in total. The molecule has 1 amide bonds. The number of carbonyl (C=O) groups is 1. The number of carbonyl (C=O) groups excluding carboxylic acids is 1. The van der Waals surface area contributed by atoms with Crippen molar-refractivity contribution in [3.8, 4) is 0 Å². The third kappa shape index (κ3) is 2.66. The number of hydrogen-bond acceptors (Lipinski definition) is 1. The van der Waals surface area contributed by atoms with Gasteiger partial charge >= 0.3 is 0 Å². The second kappa shape index (κ2) is 5.31. The van der Waals surface area contributed by atoms with Gasteiger partial charge in [0.1, 0.15) is 5.69 Å². The van der Waals surface area contributed by atoms with E-state index in [-0.39, 0.29) is 12.3 Å². The maximum absolute atomic E-state index is 13.0. The number of alkyl halides is 1. The summed E-state index contributed by atoms with van der Waals surface area (Å²) in [7, 11) is 0. The van der Waals surface area contributed by atoms with Crippen molar-refractivity contribution in [2.75, 3.05) is 11.2 Å².